The van der Waals surface area contributed by atoms with Gasteiger partial charge in [-0.1, -0.05) is 57.4 Å². The molecular weight excluding hydrogens is 470 g/mol. The third-order valence-electron chi connectivity index (χ3n) is 6.38. The minimum Gasteiger partial charge on any atom is -0.507 e. The molecule has 0 aliphatic heterocycles. The van der Waals surface area contributed by atoms with Crippen LogP contribution in [0.15, 0.2) is 30.9 Å². The Bertz CT molecular complexity index is 947. The van der Waals surface area contributed by atoms with E-state index < -0.39 is 29.7 Å². The lowest BCUT2D eigenvalue weighted by Gasteiger charge is -2.35. The number of phenols is 1. The van der Waals surface area contributed by atoms with Gasteiger partial charge in [0.2, 0.25) is 11.8 Å². The van der Waals surface area contributed by atoms with Crippen molar-refractivity contribution in [2.75, 3.05) is 6.54 Å². The Labute approximate surface area is 221 Å². The maximum Gasteiger partial charge on any atom is 0.408 e. The fraction of sp³-hybridized carbons (Fsp3) is 0.621. The summed E-state index contributed by atoms with van der Waals surface area (Å²) in [4.78, 5) is 41.8. The van der Waals surface area contributed by atoms with Crippen molar-refractivity contribution in [3.63, 3.8) is 0 Å². The van der Waals surface area contributed by atoms with Crippen LogP contribution in [-0.2, 0) is 14.3 Å². The van der Waals surface area contributed by atoms with Gasteiger partial charge >= 0.3 is 6.09 Å². The zero-order valence-corrected chi connectivity index (χ0v) is 23.3. The summed E-state index contributed by atoms with van der Waals surface area (Å²) in [5.41, 5.74) is 0.208. The van der Waals surface area contributed by atoms with Crippen LogP contribution in [0.4, 0.5) is 4.79 Å². The third kappa shape index (κ3) is 9.09. The van der Waals surface area contributed by atoms with Gasteiger partial charge in [0.05, 0.1) is 0 Å². The number of carbonyl (C=O) groups excluding carboxylic acids is 3. The predicted octanol–water partition coefficient (Wildman–Crippen LogP) is 5.14. The van der Waals surface area contributed by atoms with Crippen LogP contribution in [0.3, 0.4) is 0 Å². The van der Waals surface area contributed by atoms with E-state index in [2.05, 4.69) is 17.2 Å². The lowest BCUT2D eigenvalue weighted by atomic mass is 9.94. The number of aryl methyl sites for hydroxylation is 1. The predicted molar refractivity (Wildman–Crippen MR) is 145 cm³/mol. The fourth-order valence-electron chi connectivity index (χ4n) is 4.68. The van der Waals surface area contributed by atoms with Crippen molar-refractivity contribution in [2.45, 2.75) is 104 Å². The van der Waals surface area contributed by atoms with E-state index in [0.29, 0.717) is 17.5 Å². The number of ether oxygens (including phenoxy) is 1. The van der Waals surface area contributed by atoms with Crippen LogP contribution >= 0.6 is 0 Å². The summed E-state index contributed by atoms with van der Waals surface area (Å²) in [7, 11) is 0. The second kappa shape index (κ2) is 13.5. The van der Waals surface area contributed by atoms with E-state index in [4.69, 9.17) is 4.74 Å². The number of carbonyl (C=O) groups is 3. The molecule has 0 spiro atoms. The smallest absolute Gasteiger partial charge is 0.408 e. The SMILES string of the molecule is C=CCN(C(=O)C(CC(C)C)NC(=O)OC(C)(C)C)C(C(=O)NC1CCCCC1)c1cccc(C)c1O. The summed E-state index contributed by atoms with van der Waals surface area (Å²) in [5, 5.41) is 16.8. The number of amides is 3. The summed E-state index contributed by atoms with van der Waals surface area (Å²) >= 11 is 0. The van der Waals surface area contributed by atoms with Crippen LogP contribution in [0.5, 0.6) is 5.75 Å². The molecule has 1 aromatic rings. The quantitative estimate of drug-likeness (QED) is 0.374. The van der Waals surface area contributed by atoms with E-state index in [1.165, 1.54) is 4.90 Å². The van der Waals surface area contributed by atoms with Crippen LogP contribution in [-0.4, -0.2) is 52.1 Å². The number of phenolic OH excluding ortho intramolecular Hbond substituents is 1. The third-order valence-corrected chi connectivity index (χ3v) is 6.38. The Balaban J connectivity index is 2.48. The zero-order chi connectivity index (χ0) is 27.8. The molecule has 0 aromatic heterocycles. The molecule has 8 heteroatoms. The Morgan fingerprint density at radius 2 is 1.84 bits per heavy atom. The minimum absolute atomic E-state index is 0.0164. The average molecular weight is 516 g/mol. The largest absolute Gasteiger partial charge is 0.507 e. The maximum absolute atomic E-state index is 14.0. The summed E-state index contributed by atoms with van der Waals surface area (Å²) in [6.07, 6.45) is 6.17. The molecule has 1 aliphatic carbocycles. The Hall–Kier alpha value is -3.03. The molecule has 1 saturated carbocycles. The molecule has 206 valence electrons. The normalized spacial score (nSPS) is 16.0. The highest BCUT2D eigenvalue weighted by Gasteiger charge is 2.38. The number of hydrogen-bond acceptors (Lipinski definition) is 5. The van der Waals surface area contributed by atoms with Crippen molar-refractivity contribution in [2.24, 2.45) is 5.92 Å². The first-order chi connectivity index (χ1) is 17.3. The molecular formula is C29H45N3O5. The van der Waals surface area contributed by atoms with Crippen LogP contribution in [0.2, 0.25) is 0 Å². The van der Waals surface area contributed by atoms with Gasteiger partial charge < -0.3 is 25.4 Å². The zero-order valence-electron chi connectivity index (χ0n) is 23.3. The second-order valence-electron chi connectivity index (χ2n) is 11.4. The molecule has 0 saturated heterocycles. The number of nitrogens with one attached hydrogen (secondary N) is 2. The molecule has 3 N–H and O–H groups in total. The number of hydrogen-bond donors (Lipinski definition) is 3. The van der Waals surface area contributed by atoms with E-state index in [0.717, 1.165) is 32.1 Å². The average Bonchev–Trinajstić information content (AvgIpc) is 2.79. The van der Waals surface area contributed by atoms with Gasteiger partial charge in [0, 0.05) is 18.2 Å². The number of para-hydroxylation sites is 1. The summed E-state index contributed by atoms with van der Waals surface area (Å²) < 4.78 is 5.41. The van der Waals surface area contributed by atoms with Gasteiger partial charge in [-0.15, -0.1) is 6.58 Å². The van der Waals surface area contributed by atoms with E-state index in [9.17, 15) is 19.5 Å². The standard InChI is InChI=1S/C29H45N3O5/c1-8-17-32(27(35)23(18-19(2)3)31-28(36)37-29(5,6)7)24(22-16-12-13-20(4)25(22)33)26(34)30-21-14-10-9-11-15-21/h8,12-13,16,19,21,23-24,33H,1,9-11,14-15,17-18H2,2-7H3,(H,30,34)(H,31,36). The van der Waals surface area contributed by atoms with Crippen molar-refractivity contribution in [1.82, 2.24) is 15.5 Å². The topological polar surface area (TPSA) is 108 Å². The first kappa shape index (κ1) is 30.2. The molecule has 2 rings (SSSR count). The molecule has 8 nitrogen and oxygen atoms in total. The van der Waals surface area contributed by atoms with Crippen molar-refractivity contribution in [1.29, 1.82) is 0 Å². The van der Waals surface area contributed by atoms with Crippen molar-refractivity contribution in [3.05, 3.63) is 42.0 Å². The summed E-state index contributed by atoms with van der Waals surface area (Å²) in [5.74, 6) is -0.752. The van der Waals surface area contributed by atoms with Crippen LogP contribution in [0, 0.1) is 12.8 Å². The molecule has 1 aliphatic rings. The van der Waals surface area contributed by atoms with Gasteiger partial charge in [0.1, 0.15) is 23.4 Å². The molecule has 3 amide bonds. The van der Waals surface area contributed by atoms with Gasteiger partial charge in [0.15, 0.2) is 0 Å². The monoisotopic (exact) mass is 515 g/mol. The van der Waals surface area contributed by atoms with Crippen molar-refractivity contribution < 1.29 is 24.2 Å². The van der Waals surface area contributed by atoms with Gasteiger partial charge in [-0.3, -0.25) is 9.59 Å². The molecule has 0 bridgehead atoms. The Morgan fingerprint density at radius 3 is 2.41 bits per heavy atom. The van der Waals surface area contributed by atoms with E-state index in [1.807, 2.05) is 13.8 Å². The highest BCUT2D eigenvalue weighted by Crippen LogP contribution is 2.33. The number of nitrogens with zero attached hydrogens (tertiary/aromatic N) is 1. The highest BCUT2D eigenvalue weighted by atomic mass is 16.6. The summed E-state index contributed by atoms with van der Waals surface area (Å²) in [6.45, 7) is 14.8. The first-order valence-corrected chi connectivity index (χ1v) is 13.3. The molecule has 2 unspecified atom stereocenters. The summed E-state index contributed by atoms with van der Waals surface area (Å²) in [6, 6.07) is 3.17. The Kier molecular flexibility index (Phi) is 11.0. The number of aromatic hydroxyl groups is 1. The van der Waals surface area contributed by atoms with Gasteiger partial charge in [-0.2, -0.15) is 0 Å². The lowest BCUT2D eigenvalue weighted by Crippen LogP contribution is -2.54. The fourth-order valence-corrected chi connectivity index (χ4v) is 4.68. The molecule has 37 heavy (non-hydrogen) atoms. The molecule has 0 radical (unpaired) electrons. The van der Waals surface area contributed by atoms with Crippen LogP contribution < -0.4 is 10.6 Å². The number of benzene rings is 1. The molecule has 1 aromatic carbocycles. The van der Waals surface area contributed by atoms with Gasteiger partial charge in [0.25, 0.3) is 0 Å². The highest BCUT2D eigenvalue weighted by molar-refractivity contribution is 5.92. The Morgan fingerprint density at radius 1 is 1.19 bits per heavy atom. The van der Waals surface area contributed by atoms with Gasteiger partial charge in [-0.05, 0) is 58.4 Å². The molecule has 2 atom stereocenters. The van der Waals surface area contributed by atoms with E-state index in [-0.39, 0.29) is 30.2 Å². The van der Waals surface area contributed by atoms with Crippen LogP contribution in [0.25, 0.3) is 0 Å². The van der Waals surface area contributed by atoms with Crippen molar-refractivity contribution >= 4 is 17.9 Å². The van der Waals surface area contributed by atoms with E-state index in [1.54, 1.807) is 52.0 Å². The minimum atomic E-state index is -1.09. The second-order valence-corrected chi connectivity index (χ2v) is 11.4. The van der Waals surface area contributed by atoms with Crippen LogP contribution in [0.1, 0.15) is 90.3 Å². The first-order valence-electron chi connectivity index (χ1n) is 13.3. The van der Waals surface area contributed by atoms with Crippen molar-refractivity contribution in [3.8, 4) is 5.75 Å². The number of alkyl carbamates (subject to hydrolysis) is 1. The number of rotatable bonds is 10. The van der Waals surface area contributed by atoms with E-state index >= 15 is 0 Å². The molecule has 0 heterocycles. The molecule has 1 fully saturated rings. The van der Waals surface area contributed by atoms with Gasteiger partial charge in [-0.25, -0.2) is 4.79 Å². The lowest BCUT2D eigenvalue weighted by molar-refractivity contribution is -0.142. The maximum atomic E-state index is 14.0.